The van der Waals surface area contributed by atoms with Crippen LogP contribution in [0.1, 0.15) is 26.2 Å². The molecular formula is C14H20O7. The molecule has 7 heteroatoms. The Labute approximate surface area is 122 Å². The molecule has 118 valence electrons. The maximum Gasteiger partial charge on any atom is 0.333 e. The molecule has 0 spiro atoms. The number of carbonyl (C=O) groups is 3. The molecule has 3 atom stereocenters. The average molecular weight is 300 g/mol. The minimum absolute atomic E-state index is 0.0108. The Morgan fingerprint density at radius 2 is 1.81 bits per heavy atom. The second-order valence-corrected chi connectivity index (χ2v) is 5.12. The number of ether oxygens (including phenoxy) is 2. The van der Waals surface area contributed by atoms with Crippen LogP contribution in [0.3, 0.4) is 0 Å². The van der Waals surface area contributed by atoms with Gasteiger partial charge in [-0.25, -0.2) is 4.79 Å². The SMILES string of the molecule is C=C(C)C(=O)OCCOC1CCC(C(=O)O)CC1C(=O)O. The molecule has 1 saturated carbocycles. The van der Waals surface area contributed by atoms with Gasteiger partial charge in [0.1, 0.15) is 6.61 Å². The van der Waals surface area contributed by atoms with E-state index in [1.54, 1.807) is 0 Å². The largest absolute Gasteiger partial charge is 0.481 e. The summed E-state index contributed by atoms with van der Waals surface area (Å²) in [6, 6.07) is 0. The van der Waals surface area contributed by atoms with Crippen molar-refractivity contribution in [2.24, 2.45) is 11.8 Å². The zero-order valence-electron chi connectivity index (χ0n) is 11.9. The molecule has 21 heavy (non-hydrogen) atoms. The van der Waals surface area contributed by atoms with E-state index in [4.69, 9.17) is 19.7 Å². The van der Waals surface area contributed by atoms with Gasteiger partial charge >= 0.3 is 17.9 Å². The first kappa shape index (κ1) is 17.2. The van der Waals surface area contributed by atoms with Crippen LogP contribution in [0.25, 0.3) is 0 Å². The number of carbonyl (C=O) groups excluding carboxylic acids is 1. The highest BCUT2D eigenvalue weighted by Crippen LogP contribution is 2.31. The number of rotatable bonds is 7. The van der Waals surface area contributed by atoms with Gasteiger partial charge in [-0.2, -0.15) is 0 Å². The Kier molecular flexibility index (Phi) is 6.36. The van der Waals surface area contributed by atoms with E-state index in [-0.39, 0.29) is 25.2 Å². The summed E-state index contributed by atoms with van der Waals surface area (Å²) in [4.78, 5) is 33.3. The van der Waals surface area contributed by atoms with Gasteiger partial charge in [0.2, 0.25) is 0 Å². The van der Waals surface area contributed by atoms with Crippen molar-refractivity contribution in [1.82, 2.24) is 0 Å². The van der Waals surface area contributed by atoms with Crippen LogP contribution in [0, 0.1) is 11.8 Å². The molecule has 0 aromatic carbocycles. The lowest BCUT2D eigenvalue weighted by Gasteiger charge is -2.31. The van der Waals surface area contributed by atoms with Gasteiger partial charge < -0.3 is 19.7 Å². The first-order chi connectivity index (χ1) is 9.82. The second-order valence-electron chi connectivity index (χ2n) is 5.12. The summed E-state index contributed by atoms with van der Waals surface area (Å²) >= 11 is 0. The van der Waals surface area contributed by atoms with E-state index in [0.29, 0.717) is 12.8 Å². The van der Waals surface area contributed by atoms with Gasteiger partial charge in [0.15, 0.2) is 0 Å². The van der Waals surface area contributed by atoms with E-state index in [1.165, 1.54) is 6.92 Å². The molecule has 1 aliphatic carbocycles. The Morgan fingerprint density at radius 3 is 2.33 bits per heavy atom. The molecule has 0 radical (unpaired) electrons. The summed E-state index contributed by atoms with van der Waals surface area (Å²) in [6.45, 7) is 5.05. The fourth-order valence-corrected chi connectivity index (χ4v) is 2.28. The molecule has 0 aliphatic heterocycles. The lowest BCUT2D eigenvalue weighted by atomic mass is 9.79. The molecule has 1 fully saturated rings. The predicted octanol–water partition coefficient (Wildman–Crippen LogP) is 1.08. The summed E-state index contributed by atoms with van der Waals surface area (Å²) < 4.78 is 10.3. The Hall–Kier alpha value is -1.89. The van der Waals surface area contributed by atoms with Crippen LogP contribution in [-0.2, 0) is 23.9 Å². The van der Waals surface area contributed by atoms with Gasteiger partial charge in [0.05, 0.1) is 24.5 Å². The van der Waals surface area contributed by atoms with Crippen molar-refractivity contribution in [3.8, 4) is 0 Å². The number of hydrogen-bond donors (Lipinski definition) is 2. The zero-order chi connectivity index (χ0) is 16.0. The third-order valence-electron chi connectivity index (χ3n) is 3.45. The van der Waals surface area contributed by atoms with Gasteiger partial charge in [-0.3, -0.25) is 9.59 Å². The first-order valence-corrected chi connectivity index (χ1v) is 6.72. The summed E-state index contributed by atoms with van der Waals surface area (Å²) in [5, 5.41) is 18.1. The van der Waals surface area contributed by atoms with Crippen molar-refractivity contribution in [2.45, 2.75) is 32.3 Å². The van der Waals surface area contributed by atoms with Gasteiger partial charge in [-0.15, -0.1) is 0 Å². The predicted molar refractivity (Wildman–Crippen MR) is 71.6 cm³/mol. The minimum atomic E-state index is -1.06. The third kappa shape index (κ3) is 5.18. The molecule has 1 aliphatic rings. The Balaban J connectivity index is 2.43. The summed E-state index contributed by atoms with van der Waals surface area (Å²) in [5.74, 6) is -4.06. The van der Waals surface area contributed by atoms with E-state index < -0.39 is 35.8 Å². The summed E-state index contributed by atoms with van der Waals surface area (Å²) in [7, 11) is 0. The smallest absolute Gasteiger partial charge is 0.333 e. The highest BCUT2D eigenvalue weighted by atomic mass is 16.6. The molecule has 0 heterocycles. The van der Waals surface area contributed by atoms with Crippen molar-refractivity contribution < 1.29 is 34.1 Å². The van der Waals surface area contributed by atoms with Crippen molar-refractivity contribution in [2.75, 3.05) is 13.2 Å². The number of carboxylic acids is 2. The van der Waals surface area contributed by atoms with E-state index in [1.807, 2.05) is 0 Å². The summed E-state index contributed by atoms with van der Waals surface area (Å²) in [6.07, 6.45) is 0.250. The highest BCUT2D eigenvalue weighted by Gasteiger charge is 2.38. The van der Waals surface area contributed by atoms with Crippen LogP contribution < -0.4 is 0 Å². The fourth-order valence-electron chi connectivity index (χ4n) is 2.28. The van der Waals surface area contributed by atoms with Crippen LogP contribution in [-0.4, -0.2) is 47.4 Å². The van der Waals surface area contributed by atoms with Crippen molar-refractivity contribution in [3.63, 3.8) is 0 Å². The fraction of sp³-hybridized carbons (Fsp3) is 0.643. The first-order valence-electron chi connectivity index (χ1n) is 6.72. The van der Waals surface area contributed by atoms with Crippen LogP contribution in [0.15, 0.2) is 12.2 Å². The lowest BCUT2D eigenvalue weighted by Crippen LogP contribution is -2.39. The normalized spacial score (nSPS) is 25.1. The molecular weight excluding hydrogens is 280 g/mol. The van der Waals surface area contributed by atoms with E-state index in [2.05, 4.69) is 6.58 Å². The van der Waals surface area contributed by atoms with Crippen LogP contribution in [0.2, 0.25) is 0 Å². The zero-order valence-corrected chi connectivity index (χ0v) is 11.9. The molecule has 0 bridgehead atoms. The standard InChI is InChI=1S/C14H20O7/c1-8(2)14(19)21-6-5-20-11-4-3-9(12(15)16)7-10(11)13(17)18/h9-11H,1,3-7H2,2H3,(H,15,16)(H,17,18). The second kappa shape index (κ2) is 7.78. The molecule has 2 N–H and O–H groups in total. The van der Waals surface area contributed by atoms with Crippen molar-refractivity contribution in [3.05, 3.63) is 12.2 Å². The molecule has 1 rings (SSSR count). The van der Waals surface area contributed by atoms with Crippen LogP contribution >= 0.6 is 0 Å². The van der Waals surface area contributed by atoms with E-state index in [0.717, 1.165) is 0 Å². The maximum atomic E-state index is 11.2. The Bertz CT molecular complexity index is 429. The third-order valence-corrected chi connectivity index (χ3v) is 3.45. The number of aliphatic carboxylic acids is 2. The Morgan fingerprint density at radius 1 is 1.14 bits per heavy atom. The average Bonchev–Trinajstić information content (AvgIpc) is 2.42. The molecule has 0 saturated heterocycles. The van der Waals surface area contributed by atoms with Crippen LogP contribution in [0.4, 0.5) is 0 Å². The van der Waals surface area contributed by atoms with Crippen molar-refractivity contribution >= 4 is 17.9 Å². The number of hydrogen-bond acceptors (Lipinski definition) is 5. The topological polar surface area (TPSA) is 110 Å². The van der Waals surface area contributed by atoms with Gasteiger partial charge in [0.25, 0.3) is 0 Å². The lowest BCUT2D eigenvalue weighted by molar-refractivity contribution is -0.158. The quantitative estimate of drug-likeness (QED) is 0.411. The summed E-state index contributed by atoms with van der Waals surface area (Å²) in [5.41, 5.74) is 0.278. The maximum absolute atomic E-state index is 11.2. The van der Waals surface area contributed by atoms with Gasteiger partial charge in [-0.1, -0.05) is 6.58 Å². The van der Waals surface area contributed by atoms with Crippen LogP contribution in [0.5, 0.6) is 0 Å². The van der Waals surface area contributed by atoms with E-state index >= 15 is 0 Å². The molecule has 0 aromatic heterocycles. The molecule has 0 amide bonds. The molecule has 3 unspecified atom stereocenters. The van der Waals surface area contributed by atoms with Gasteiger partial charge in [0, 0.05) is 5.57 Å². The molecule has 0 aromatic rings. The highest BCUT2D eigenvalue weighted by molar-refractivity contribution is 5.86. The number of carboxylic acid groups (broad SMARTS) is 2. The van der Waals surface area contributed by atoms with E-state index in [9.17, 15) is 14.4 Å². The molecule has 7 nitrogen and oxygen atoms in total. The van der Waals surface area contributed by atoms with Crippen molar-refractivity contribution in [1.29, 1.82) is 0 Å². The van der Waals surface area contributed by atoms with Gasteiger partial charge in [-0.05, 0) is 26.2 Å². The minimum Gasteiger partial charge on any atom is -0.481 e. The monoisotopic (exact) mass is 300 g/mol. The number of esters is 1.